The molecule has 0 saturated carbocycles. The molecule has 0 aliphatic carbocycles. The molecule has 1 N–H and O–H groups in total. The second kappa shape index (κ2) is 8.52. The third kappa shape index (κ3) is 3.91. The van der Waals surface area contributed by atoms with Crippen LogP contribution >= 0.6 is 0 Å². The maximum absolute atomic E-state index is 12.4. The number of hydrogen-bond donors (Lipinski definition) is 1. The molecule has 0 radical (unpaired) electrons. The largest absolute Gasteiger partial charge is 0.493 e. The molecule has 2 heterocycles. The Morgan fingerprint density at radius 2 is 1.83 bits per heavy atom. The van der Waals surface area contributed by atoms with E-state index < -0.39 is 11.2 Å². The molecule has 0 aliphatic heterocycles. The van der Waals surface area contributed by atoms with E-state index in [1.54, 1.807) is 20.2 Å². The summed E-state index contributed by atoms with van der Waals surface area (Å²) in [7, 11) is 4.61. The van der Waals surface area contributed by atoms with Crippen LogP contribution < -0.4 is 20.7 Å². The van der Waals surface area contributed by atoms with Crippen molar-refractivity contribution < 1.29 is 9.47 Å². The van der Waals surface area contributed by atoms with Gasteiger partial charge in [-0.2, -0.15) is 0 Å². The van der Waals surface area contributed by atoms with Gasteiger partial charge >= 0.3 is 5.69 Å². The number of aryl methyl sites for hydroxylation is 1. The maximum Gasteiger partial charge on any atom is 0.332 e. The highest BCUT2D eigenvalue weighted by Crippen LogP contribution is 2.32. The van der Waals surface area contributed by atoms with Crippen molar-refractivity contribution in [2.24, 2.45) is 14.1 Å². The normalized spacial score (nSPS) is 11.4. The van der Waals surface area contributed by atoms with Gasteiger partial charge in [0.2, 0.25) is 0 Å². The smallest absolute Gasteiger partial charge is 0.332 e. The summed E-state index contributed by atoms with van der Waals surface area (Å²) < 4.78 is 13.8. The van der Waals surface area contributed by atoms with Gasteiger partial charge in [-0.3, -0.25) is 13.9 Å². The number of methoxy groups -OCH3 is 1. The highest BCUT2D eigenvalue weighted by molar-refractivity contribution is 5.76. The highest BCUT2D eigenvalue weighted by atomic mass is 16.5. The van der Waals surface area contributed by atoms with Gasteiger partial charge in [0.05, 0.1) is 7.11 Å². The maximum atomic E-state index is 12.4. The number of nitrogens with zero attached hydrogens (tertiary/aromatic N) is 4. The highest BCUT2D eigenvalue weighted by Gasteiger charge is 2.16. The van der Waals surface area contributed by atoms with Gasteiger partial charge < -0.3 is 19.4 Å². The summed E-state index contributed by atoms with van der Waals surface area (Å²) in [5.41, 5.74) is 0.485. The number of rotatable bonds is 8. The minimum Gasteiger partial charge on any atom is -0.493 e. The van der Waals surface area contributed by atoms with Gasteiger partial charge in [0.25, 0.3) is 5.56 Å². The lowest BCUT2D eigenvalue weighted by molar-refractivity contribution is 0.217. The molecule has 9 nitrogen and oxygen atoms in total. The molecule has 29 heavy (non-hydrogen) atoms. The Bertz CT molecular complexity index is 1120. The Morgan fingerprint density at radius 1 is 1.10 bits per heavy atom. The first-order valence-electron chi connectivity index (χ1n) is 9.60. The van der Waals surface area contributed by atoms with Gasteiger partial charge in [-0.05, 0) is 31.3 Å². The summed E-state index contributed by atoms with van der Waals surface area (Å²) in [5.74, 6) is 1.69. The van der Waals surface area contributed by atoms with E-state index in [2.05, 4.69) is 28.7 Å². The van der Waals surface area contributed by atoms with E-state index in [-0.39, 0.29) is 5.52 Å². The Morgan fingerprint density at radius 3 is 2.48 bits per heavy atom. The Hall–Kier alpha value is -3.07. The predicted molar refractivity (Wildman–Crippen MR) is 112 cm³/mol. The molecule has 9 heteroatoms. The first kappa shape index (κ1) is 20.7. The Balaban J connectivity index is 1.92. The Kier molecular flexibility index (Phi) is 6.07. The zero-order valence-corrected chi connectivity index (χ0v) is 17.5. The second-order valence-corrected chi connectivity index (χ2v) is 6.73. The fraction of sp³-hybridized carbons (Fsp3) is 0.450. The molecular formula is C20H27N5O4. The number of aromatic amines is 1. The van der Waals surface area contributed by atoms with Crippen molar-refractivity contribution in [3.8, 4) is 22.9 Å². The number of likely N-dealkylation sites (N-methyl/N-ethyl adjacent to an activating group) is 1. The average molecular weight is 401 g/mol. The molecular weight excluding hydrogens is 374 g/mol. The van der Waals surface area contributed by atoms with Gasteiger partial charge in [-0.15, -0.1) is 0 Å². The van der Waals surface area contributed by atoms with Crippen LogP contribution in [0.15, 0.2) is 27.8 Å². The second-order valence-electron chi connectivity index (χ2n) is 6.73. The zero-order valence-electron chi connectivity index (χ0n) is 17.5. The fourth-order valence-corrected chi connectivity index (χ4v) is 3.22. The predicted octanol–water partition coefficient (Wildman–Crippen LogP) is 1.36. The number of fused-ring (bicyclic) bond motifs is 1. The summed E-state index contributed by atoms with van der Waals surface area (Å²) in [6, 6.07) is 5.46. The lowest BCUT2D eigenvalue weighted by Gasteiger charge is -2.18. The van der Waals surface area contributed by atoms with Crippen LogP contribution in [0.2, 0.25) is 0 Å². The molecule has 0 unspecified atom stereocenters. The van der Waals surface area contributed by atoms with Crippen LogP contribution in [0.5, 0.6) is 11.5 Å². The average Bonchev–Trinajstić information content (AvgIpc) is 3.19. The van der Waals surface area contributed by atoms with Crippen LogP contribution in [0.25, 0.3) is 22.6 Å². The quantitative estimate of drug-likeness (QED) is 0.612. The van der Waals surface area contributed by atoms with Crippen molar-refractivity contribution in [1.29, 1.82) is 0 Å². The zero-order chi connectivity index (χ0) is 21.1. The van der Waals surface area contributed by atoms with Gasteiger partial charge in [0.1, 0.15) is 17.9 Å². The molecule has 3 aromatic rings. The lowest BCUT2D eigenvalue weighted by atomic mass is 10.2. The first-order chi connectivity index (χ1) is 13.9. The number of H-pyrrole nitrogens is 1. The third-order valence-corrected chi connectivity index (χ3v) is 5.09. The van der Waals surface area contributed by atoms with Gasteiger partial charge in [-0.1, -0.05) is 13.8 Å². The van der Waals surface area contributed by atoms with Crippen LogP contribution in [0.3, 0.4) is 0 Å². The molecule has 0 saturated heterocycles. The summed E-state index contributed by atoms with van der Waals surface area (Å²) in [5, 5.41) is 0. The van der Waals surface area contributed by atoms with E-state index in [1.165, 1.54) is 11.6 Å². The topological polar surface area (TPSA) is 94.4 Å². The van der Waals surface area contributed by atoms with Crippen LogP contribution in [0.4, 0.5) is 0 Å². The molecule has 2 aromatic heterocycles. The van der Waals surface area contributed by atoms with Crippen LogP contribution in [0, 0.1) is 0 Å². The monoisotopic (exact) mass is 401 g/mol. The standard InChI is InChI=1S/C20H27N5O4/c1-6-25(7-2)10-11-29-14-9-8-13(12-15(14)28-5)17-21-16-18(22-17)23(3)20(27)24(4)19(16)26/h8-9,12H,6-7,10-11H2,1-5H3,(H,21,22). The summed E-state index contributed by atoms with van der Waals surface area (Å²) in [6.07, 6.45) is 0. The number of benzene rings is 1. The van der Waals surface area contributed by atoms with E-state index in [1.807, 2.05) is 12.1 Å². The van der Waals surface area contributed by atoms with E-state index in [9.17, 15) is 9.59 Å². The molecule has 0 fully saturated rings. The molecule has 0 aliphatic rings. The summed E-state index contributed by atoms with van der Waals surface area (Å²) in [6.45, 7) is 7.58. The molecule has 1 aromatic carbocycles. The number of nitrogens with one attached hydrogen (secondary N) is 1. The molecule has 0 amide bonds. The number of hydrogen-bond acceptors (Lipinski definition) is 6. The number of aromatic nitrogens is 4. The third-order valence-electron chi connectivity index (χ3n) is 5.09. The minimum atomic E-state index is -0.421. The lowest BCUT2D eigenvalue weighted by Crippen LogP contribution is -2.36. The van der Waals surface area contributed by atoms with Gasteiger partial charge in [0.15, 0.2) is 17.1 Å². The minimum absolute atomic E-state index is 0.281. The van der Waals surface area contributed by atoms with Gasteiger partial charge in [0, 0.05) is 26.2 Å². The number of imidazole rings is 1. The van der Waals surface area contributed by atoms with Crippen molar-refractivity contribution in [2.75, 3.05) is 33.4 Å². The van der Waals surface area contributed by atoms with Crippen molar-refractivity contribution in [3.05, 3.63) is 39.0 Å². The molecule has 0 atom stereocenters. The molecule has 0 bridgehead atoms. The summed E-state index contributed by atoms with van der Waals surface area (Å²) >= 11 is 0. The molecule has 156 valence electrons. The van der Waals surface area contributed by atoms with Crippen LogP contribution in [-0.2, 0) is 14.1 Å². The van der Waals surface area contributed by atoms with E-state index in [0.717, 1.165) is 29.8 Å². The van der Waals surface area contributed by atoms with E-state index in [4.69, 9.17) is 9.47 Å². The Labute approximate surface area is 168 Å². The number of ether oxygens (including phenoxy) is 2. The first-order valence-corrected chi connectivity index (χ1v) is 9.60. The summed E-state index contributed by atoms with van der Waals surface area (Å²) in [4.78, 5) is 34.2. The van der Waals surface area contributed by atoms with Crippen molar-refractivity contribution in [2.45, 2.75) is 13.8 Å². The van der Waals surface area contributed by atoms with Crippen LogP contribution in [-0.4, -0.2) is 57.4 Å². The van der Waals surface area contributed by atoms with Crippen molar-refractivity contribution in [1.82, 2.24) is 24.0 Å². The molecule has 0 spiro atoms. The van der Waals surface area contributed by atoms with Crippen molar-refractivity contribution in [3.63, 3.8) is 0 Å². The van der Waals surface area contributed by atoms with E-state index >= 15 is 0 Å². The van der Waals surface area contributed by atoms with Crippen molar-refractivity contribution >= 4 is 11.2 Å². The van der Waals surface area contributed by atoms with Crippen LogP contribution in [0.1, 0.15) is 13.8 Å². The molecule has 3 rings (SSSR count). The van der Waals surface area contributed by atoms with E-state index in [0.29, 0.717) is 29.6 Å². The van der Waals surface area contributed by atoms with Gasteiger partial charge in [-0.25, -0.2) is 9.78 Å². The fourth-order valence-electron chi connectivity index (χ4n) is 3.22. The SMILES string of the molecule is CCN(CC)CCOc1ccc(-c2nc3c([nH]2)c(=O)n(C)c(=O)n3C)cc1OC.